The molecule has 0 spiro atoms. The van der Waals surface area contributed by atoms with Crippen LogP contribution in [0.2, 0.25) is 5.02 Å². The van der Waals surface area contributed by atoms with E-state index >= 15 is 0 Å². The van der Waals surface area contributed by atoms with Gasteiger partial charge in [-0.05, 0) is 51.8 Å². The van der Waals surface area contributed by atoms with Crippen molar-refractivity contribution in [2.24, 2.45) is 0 Å². The molecule has 2 amide bonds. The number of carbonyl (C=O) groups excluding carboxylic acids is 3. The lowest BCUT2D eigenvalue weighted by Gasteiger charge is -2.37. The zero-order valence-corrected chi connectivity index (χ0v) is 19.3. The van der Waals surface area contributed by atoms with Crippen molar-refractivity contribution in [3.63, 3.8) is 0 Å². The number of fused-ring (bicyclic) bond motifs is 1. The van der Waals surface area contributed by atoms with E-state index in [2.05, 4.69) is 4.90 Å². The van der Waals surface area contributed by atoms with Gasteiger partial charge in [0, 0.05) is 38.3 Å². The molecule has 0 N–H and O–H groups in total. The maximum atomic E-state index is 13.0. The lowest BCUT2D eigenvalue weighted by Crippen LogP contribution is -2.50. The predicted octanol–water partition coefficient (Wildman–Crippen LogP) is 2.96. The second kappa shape index (κ2) is 9.34. The van der Waals surface area contributed by atoms with Gasteiger partial charge in [0.2, 0.25) is 0 Å². The highest BCUT2D eigenvalue weighted by Gasteiger charge is 2.30. The van der Waals surface area contributed by atoms with Crippen LogP contribution in [-0.4, -0.2) is 79.2 Å². The quantitative estimate of drug-likeness (QED) is 0.655. The average Bonchev–Trinajstić information content (AvgIpc) is 2.69. The van der Waals surface area contributed by atoms with E-state index in [0.717, 1.165) is 11.3 Å². The first-order valence-corrected chi connectivity index (χ1v) is 11.0. The number of piperazine rings is 1. The molecule has 3 rings (SSSR count). The molecule has 31 heavy (non-hydrogen) atoms. The molecule has 0 radical (unpaired) electrons. The number of amides is 2. The van der Waals surface area contributed by atoms with Crippen molar-refractivity contribution >= 4 is 35.3 Å². The van der Waals surface area contributed by atoms with Gasteiger partial charge in [0.25, 0.3) is 5.91 Å². The van der Waals surface area contributed by atoms with Gasteiger partial charge in [-0.2, -0.15) is 0 Å². The number of halogens is 1. The van der Waals surface area contributed by atoms with E-state index < -0.39 is 11.6 Å². The second-order valence-electron chi connectivity index (χ2n) is 8.70. The number of ether oxygens (including phenoxy) is 2. The van der Waals surface area contributed by atoms with Crippen molar-refractivity contribution < 1.29 is 23.9 Å². The van der Waals surface area contributed by atoms with Crippen molar-refractivity contribution in [2.45, 2.75) is 39.7 Å². The highest BCUT2D eigenvalue weighted by atomic mass is 35.5. The SMILES string of the molecule is CCOC(=O)CN1CCc2cc(Cl)c(N3CCN(C(=O)OC(C)(C)C)CC3)cc2C1=O. The molecular formula is C22H30ClN3O5. The Morgan fingerprint density at radius 2 is 1.77 bits per heavy atom. The maximum absolute atomic E-state index is 13.0. The third-order valence-electron chi connectivity index (χ3n) is 5.24. The summed E-state index contributed by atoms with van der Waals surface area (Å²) in [5, 5.41) is 0.580. The van der Waals surface area contributed by atoms with Gasteiger partial charge in [0.05, 0.1) is 17.3 Å². The van der Waals surface area contributed by atoms with Crippen LogP contribution in [0.15, 0.2) is 12.1 Å². The minimum absolute atomic E-state index is 0.0569. The Morgan fingerprint density at radius 3 is 2.39 bits per heavy atom. The van der Waals surface area contributed by atoms with Gasteiger partial charge in [-0.1, -0.05) is 11.6 Å². The third kappa shape index (κ3) is 5.61. The molecule has 170 valence electrons. The van der Waals surface area contributed by atoms with Gasteiger partial charge in [0.15, 0.2) is 0 Å². The van der Waals surface area contributed by atoms with Crippen molar-refractivity contribution in [3.8, 4) is 0 Å². The molecule has 2 aliphatic heterocycles. The molecule has 0 unspecified atom stereocenters. The zero-order valence-electron chi connectivity index (χ0n) is 18.6. The largest absolute Gasteiger partial charge is 0.465 e. The lowest BCUT2D eigenvalue weighted by atomic mass is 9.97. The number of carbonyl (C=O) groups is 3. The van der Waals surface area contributed by atoms with E-state index in [1.165, 1.54) is 4.90 Å². The van der Waals surface area contributed by atoms with Crippen LogP contribution in [0.3, 0.4) is 0 Å². The molecule has 1 aromatic rings. The van der Waals surface area contributed by atoms with Gasteiger partial charge >= 0.3 is 12.1 Å². The van der Waals surface area contributed by atoms with Crippen LogP contribution in [0, 0.1) is 0 Å². The van der Waals surface area contributed by atoms with Crippen LogP contribution >= 0.6 is 11.6 Å². The molecule has 1 fully saturated rings. The molecule has 0 aromatic heterocycles. The average molecular weight is 452 g/mol. The van der Waals surface area contributed by atoms with Crippen LogP contribution in [0.4, 0.5) is 10.5 Å². The van der Waals surface area contributed by atoms with Crippen LogP contribution in [-0.2, 0) is 20.7 Å². The van der Waals surface area contributed by atoms with E-state index in [9.17, 15) is 14.4 Å². The molecule has 0 atom stereocenters. The molecule has 2 heterocycles. The van der Waals surface area contributed by atoms with Crippen molar-refractivity contribution in [3.05, 3.63) is 28.3 Å². The molecule has 0 bridgehead atoms. The molecule has 2 aliphatic rings. The molecule has 8 nitrogen and oxygen atoms in total. The Kier molecular flexibility index (Phi) is 6.99. The van der Waals surface area contributed by atoms with E-state index in [0.29, 0.717) is 49.7 Å². The number of anilines is 1. The monoisotopic (exact) mass is 451 g/mol. The smallest absolute Gasteiger partial charge is 0.410 e. The summed E-state index contributed by atoms with van der Waals surface area (Å²) in [7, 11) is 0. The van der Waals surface area contributed by atoms with Gasteiger partial charge < -0.3 is 24.2 Å². The first-order valence-electron chi connectivity index (χ1n) is 10.6. The van der Waals surface area contributed by atoms with Crippen molar-refractivity contribution in [1.29, 1.82) is 0 Å². The molecule has 9 heteroatoms. The van der Waals surface area contributed by atoms with Crippen LogP contribution in [0.5, 0.6) is 0 Å². The van der Waals surface area contributed by atoms with Crippen LogP contribution in [0.25, 0.3) is 0 Å². The topological polar surface area (TPSA) is 79.4 Å². The van der Waals surface area contributed by atoms with E-state index in [4.69, 9.17) is 21.1 Å². The fourth-order valence-corrected chi connectivity index (χ4v) is 4.05. The second-order valence-corrected chi connectivity index (χ2v) is 9.10. The Labute approximate surface area is 188 Å². The summed E-state index contributed by atoms with van der Waals surface area (Å²) in [5.74, 6) is -0.605. The van der Waals surface area contributed by atoms with Crippen LogP contribution in [0.1, 0.15) is 43.6 Å². The molecular weight excluding hydrogens is 422 g/mol. The molecule has 1 aromatic carbocycles. The fourth-order valence-electron chi connectivity index (χ4n) is 3.75. The highest BCUT2D eigenvalue weighted by molar-refractivity contribution is 6.33. The number of hydrogen-bond acceptors (Lipinski definition) is 6. The van der Waals surface area contributed by atoms with Gasteiger partial charge in [-0.25, -0.2) is 4.79 Å². The zero-order chi connectivity index (χ0) is 22.8. The Balaban J connectivity index is 1.70. The minimum atomic E-state index is -0.536. The summed E-state index contributed by atoms with van der Waals surface area (Å²) in [4.78, 5) is 42.3. The third-order valence-corrected chi connectivity index (χ3v) is 5.54. The summed E-state index contributed by atoms with van der Waals surface area (Å²) < 4.78 is 10.4. The number of rotatable bonds is 4. The molecule has 0 saturated carbocycles. The molecule has 1 saturated heterocycles. The van der Waals surface area contributed by atoms with Crippen molar-refractivity contribution in [2.75, 3.05) is 50.8 Å². The fraction of sp³-hybridized carbons (Fsp3) is 0.591. The number of esters is 1. The Morgan fingerprint density at radius 1 is 1.10 bits per heavy atom. The first kappa shape index (κ1) is 23.2. The van der Waals surface area contributed by atoms with Crippen molar-refractivity contribution in [1.82, 2.24) is 9.80 Å². The summed E-state index contributed by atoms with van der Waals surface area (Å²) in [6, 6.07) is 3.65. The number of benzene rings is 1. The van der Waals surface area contributed by atoms with E-state index in [1.54, 1.807) is 17.9 Å². The standard InChI is InChI=1S/C22H30ClN3O5/c1-5-30-19(27)14-26-7-6-15-12-17(23)18(13-16(15)20(26)28)24-8-10-25(11-9-24)21(29)31-22(2,3)4/h12-13H,5-11,14H2,1-4H3. The summed E-state index contributed by atoms with van der Waals surface area (Å²) in [6.45, 7) is 10.1. The summed E-state index contributed by atoms with van der Waals surface area (Å²) in [6.07, 6.45) is 0.306. The summed E-state index contributed by atoms with van der Waals surface area (Å²) in [5.41, 5.74) is 1.66. The molecule has 0 aliphatic carbocycles. The Bertz CT molecular complexity index is 859. The Hall–Kier alpha value is -2.48. The summed E-state index contributed by atoms with van der Waals surface area (Å²) >= 11 is 6.54. The highest BCUT2D eigenvalue weighted by Crippen LogP contribution is 2.33. The van der Waals surface area contributed by atoms with E-state index in [-0.39, 0.29) is 25.2 Å². The number of hydrogen-bond donors (Lipinski definition) is 0. The number of nitrogens with zero attached hydrogens (tertiary/aromatic N) is 3. The van der Waals surface area contributed by atoms with E-state index in [1.807, 2.05) is 26.8 Å². The van der Waals surface area contributed by atoms with Gasteiger partial charge in [-0.15, -0.1) is 0 Å². The predicted molar refractivity (Wildman–Crippen MR) is 118 cm³/mol. The van der Waals surface area contributed by atoms with Gasteiger partial charge in [-0.3, -0.25) is 9.59 Å². The maximum Gasteiger partial charge on any atom is 0.410 e. The van der Waals surface area contributed by atoms with Gasteiger partial charge in [0.1, 0.15) is 12.1 Å². The first-order chi connectivity index (χ1) is 14.6. The van der Waals surface area contributed by atoms with Crippen LogP contribution < -0.4 is 4.90 Å². The lowest BCUT2D eigenvalue weighted by molar-refractivity contribution is -0.143. The minimum Gasteiger partial charge on any atom is -0.465 e. The normalized spacial score (nSPS) is 16.8.